The van der Waals surface area contributed by atoms with Crippen molar-refractivity contribution in [2.24, 2.45) is 4.99 Å². The van der Waals surface area contributed by atoms with E-state index in [0.717, 1.165) is 22.4 Å². The summed E-state index contributed by atoms with van der Waals surface area (Å²) < 4.78 is 0. The number of imidazole rings is 1. The maximum Gasteiger partial charge on any atom is 0.319 e. The molecule has 3 N–H and O–H groups in total. The summed E-state index contributed by atoms with van der Waals surface area (Å²) >= 11 is 0. The third kappa shape index (κ3) is 5.51. The molecular formula is C23H24N6O. The molecule has 0 spiro atoms. The third-order valence-corrected chi connectivity index (χ3v) is 4.18. The van der Waals surface area contributed by atoms with Crippen molar-refractivity contribution in [1.29, 1.82) is 0 Å². The minimum atomic E-state index is -0.257. The highest BCUT2D eigenvalue weighted by molar-refractivity contribution is 6.09. The van der Waals surface area contributed by atoms with Gasteiger partial charge in [-0.15, -0.1) is 0 Å². The lowest BCUT2D eigenvalue weighted by Crippen LogP contribution is -2.33. The van der Waals surface area contributed by atoms with Crippen LogP contribution in [0.15, 0.2) is 78.3 Å². The molecule has 0 aliphatic carbocycles. The van der Waals surface area contributed by atoms with Crippen molar-refractivity contribution in [2.75, 3.05) is 6.54 Å². The maximum atomic E-state index is 11.5. The number of allylic oxidation sites excluding steroid dienone is 2. The summed E-state index contributed by atoms with van der Waals surface area (Å²) in [5.41, 5.74) is 4.93. The molecule has 152 valence electrons. The molecule has 2 amide bonds. The van der Waals surface area contributed by atoms with Gasteiger partial charge in [-0.2, -0.15) is 0 Å². The van der Waals surface area contributed by atoms with Gasteiger partial charge in [0, 0.05) is 30.9 Å². The first kappa shape index (κ1) is 20.7. The fourth-order valence-corrected chi connectivity index (χ4v) is 2.71. The van der Waals surface area contributed by atoms with Crippen molar-refractivity contribution in [1.82, 2.24) is 25.6 Å². The number of benzene rings is 1. The second-order valence-electron chi connectivity index (χ2n) is 6.54. The van der Waals surface area contributed by atoms with E-state index in [4.69, 9.17) is 0 Å². The number of hydrogen-bond donors (Lipinski definition) is 3. The van der Waals surface area contributed by atoms with Crippen molar-refractivity contribution in [2.45, 2.75) is 13.8 Å². The van der Waals surface area contributed by atoms with Gasteiger partial charge in [-0.1, -0.05) is 36.9 Å². The van der Waals surface area contributed by atoms with E-state index in [1.165, 1.54) is 0 Å². The van der Waals surface area contributed by atoms with Gasteiger partial charge in [-0.3, -0.25) is 9.98 Å². The smallest absolute Gasteiger partial charge is 0.319 e. The molecule has 0 saturated carbocycles. The summed E-state index contributed by atoms with van der Waals surface area (Å²) in [4.78, 5) is 27.9. The molecule has 0 aliphatic heterocycles. The maximum absolute atomic E-state index is 11.5. The summed E-state index contributed by atoms with van der Waals surface area (Å²) in [6.07, 6.45) is 6.72. The Morgan fingerprint density at radius 1 is 1.23 bits per heavy atom. The lowest BCUT2D eigenvalue weighted by Gasteiger charge is -2.04. The molecule has 3 aromatic rings. The van der Waals surface area contributed by atoms with E-state index >= 15 is 0 Å². The zero-order valence-corrected chi connectivity index (χ0v) is 17.0. The summed E-state index contributed by atoms with van der Waals surface area (Å²) in [5, 5.41) is 5.35. The minimum absolute atomic E-state index is 0.257. The number of carbonyl (C=O) groups excluding carboxylic acids is 1. The Morgan fingerprint density at radius 2 is 2.03 bits per heavy atom. The summed E-state index contributed by atoms with van der Waals surface area (Å²) in [7, 11) is 0. The lowest BCUT2D eigenvalue weighted by atomic mass is 10.1. The second-order valence-corrected chi connectivity index (χ2v) is 6.54. The third-order valence-electron chi connectivity index (χ3n) is 4.18. The van der Waals surface area contributed by atoms with Gasteiger partial charge in [0.15, 0.2) is 5.82 Å². The Bertz CT molecular complexity index is 1080. The van der Waals surface area contributed by atoms with Crippen LogP contribution in [0.2, 0.25) is 0 Å². The zero-order valence-electron chi connectivity index (χ0n) is 17.0. The summed E-state index contributed by atoms with van der Waals surface area (Å²) in [5.74, 6) is 0.683. The van der Waals surface area contributed by atoms with Crippen LogP contribution in [-0.4, -0.2) is 33.7 Å². The fraction of sp³-hybridized carbons (Fsp3) is 0.130. The standard InChI is InChI=1S/C23H24N6O/c1-4-25-23(30)28-17(3)14-24-13-16(2)19-10-11-26-20(12-19)22-27-15-21(29-22)18-8-6-5-7-9-18/h5-15H,2,4H2,1,3H3,(H,27,29)(H2,25,28,30)/b17-14+,24-13-. The molecule has 30 heavy (non-hydrogen) atoms. The van der Waals surface area contributed by atoms with E-state index in [-0.39, 0.29) is 6.03 Å². The van der Waals surface area contributed by atoms with E-state index < -0.39 is 0 Å². The fourth-order valence-electron chi connectivity index (χ4n) is 2.71. The molecule has 3 rings (SSSR count). The first-order chi connectivity index (χ1) is 14.6. The second kappa shape index (κ2) is 9.97. The highest BCUT2D eigenvalue weighted by atomic mass is 16.2. The summed E-state index contributed by atoms with van der Waals surface area (Å²) in [6, 6.07) is 13.5. The molecule has 0 unspecified atom stereocenters. The van der Waals surface area contributed by atoms with Crippen molar-refractivity contribution in [3.63, 3.8) is 0 Å². The number of nitrogens with one attached hydrogen (secondary N) is 3. The number of rotatable bonds is 7. The van der Waals surface area contributed by atoms with E-state index in [2.05, 4.69) is 37.2 Å². The van der Waals surface area contributed by atoms with Crippen LogP contribution in [0.4, 0.5) is 4.79 Å². The highest BCUT2D eigenvalue weighted by Gasteiger charge is 2.08. The van der Waals surface area contributed by atoms with Gasteiger partial charge in [0.05, 0.1) is 11.9 Å². The molecule has 0 fully saturated rings. The first-order valence-corrected chi connectivity index (χ1v) is 9.57. The number of H-pyrrole nitrogens is 1. The average molecular weight is 400 g/mol. The largest absolute Gasteiger partial charge is 0.338 e. The van der Waals surface area contributed by atoms with Gasteiger partial charge in [0.25, 0.3) is 0 Å². The molecule has 0 saturated heterocycles. The summed E-state index contributed by atoms with van der Waals surface area (Å²) in [6.45, 7) is 8.25. The molecule has 0 radical (unpaired) electrons. The zero-order chi connectivity index (χ0) is 21.3. The number of hydrogen-bond acceptors (Lipinski definition) is 4. The van der Waals surface area contributed by atoms with Gasteiger partial charge in [0.1, 0.15) is 5.69 Å². The van der Waals surface area contributed by atoms with Crippen LogP contribution in [-0.2, 0) is 0 Å². The predicted octanol–water partition coefficient (Wildman–Crippen LogP) is 4.40. The van der Waals surface area contributed by atoms with Gasteiger partial charge < -0.3 is 15.6 Å². The van der Waals surface area contributed by atoms with Crippen molar-refractivity contribution < 1.29 is 4.79 Å². The van der Waals surface area contributed by atoms with Gasteiger partial charge in [-0.25, -0.2) is 9.78 Å². The monoisotopic (exact) mass is 400 g/mol. The predicted molar refractivity (Wildman–Crippen MR) is 121 cm³/mol. The van der Waals surface area contributed by atoms with Crippen LogP contribution in [0.25, 0.3) is 28.3 Å². The SMILES string of the molecule is C=C(/C=N\C=C(/C)NC(=O)NCC)c1ccnc(-c2ncc(-c3ccccc3)[nH]2)c1. The van der Waals surface area contributed by atoms with Crippen LogP contribution in [0.3, 0.4) is 0 Å². The van der Waals surface area contributed by atoms with E-state index in [9.17, 15) is 4.79 Å². The molecule has 0 bridgehead atoms. The van der Waals surface area contributed by atoms with Gasteiger partial charge in [-0.05, 0) is 42.7 Å². The Kier molecular flexibility index (Phi) is 6.89. The Balaban J connectivity index is 1.70. The molecule has 0 aliphatic rings. The molecule has 2 aromatic heterocycles. The molecule has 0 atom stereocenters. The molecule has 7 nitrogen and oxygen atoms in total. The van der Waals surface area contributed by atoms with Crippen LogP contribution < -0.4 is 10.6 Å². The number of nitrogens with zero attached hydrogens (tertiary/aromatic N) is 3. The number of aromatic amines is 1. The van der Waals surface area contributed by atoms with Gasteiger partial charge in [0.2, 0.25) is 0 Å². The van der Waals surface area contributed by atoms with Crippen molar-refractivity contribution in [3.8, 4) is 22.8 Å². The molecule has 1 aromatic carbocycles. The van der Waals surface area contributed by atoms with Crippen LogP contribution in [0.5, 0.6) is 0 Å². The number of urea groups is 1. The quantitative estimate of drug-likeness (QED) is 0.513. The topological polar surface area (TPSA) is 95.1 Å². The van der Waals surface area contributed by atoms with Crippen LogP contribution in [0.1, 0.15) is 19.4 Å². The first-order valence-electron chi connectivity index (χ1n) is 9.57. The number of carbonyl (C=O) groups is 1. The van der Waals surface area contributed by atoms with Gasteiger partial charge >= 0.3 is 6.03 Å². The lowest BCUT2D eigenvalue weighted by molar-refractivity contribution is 0.244. The minimum Gasteiger partial charge on any atom is -0.338 e. The Labute approximate surface area is 175 Å². The van der Waals surface area contributed by atoms with Crippen LogP contribution >= 0.6 is 0 Å². The molecule has 7 heteroatoms. The molecule has 2 heterocycles. The molecular weight excluding hydrogens is 376 g/mol. The normalized spacial score (nSPS) is 11.5. The average Bonchev–Trinajstić information content (AvgIpc) is 3.25. The van der Waals surface area contributed by atoms with E-state index in [1.807, 2.05) is 49.4 Å². The number of aromatic nitrogens is 3. The van der Waals surface area contributed by atoms with Crippen molar-refractivity contribution in [3.05, 3.63) is 78.9 Å². The highest BCUT2D eigenvalue weighted by Crippen LogP contribution is 2.22. The number of aliphatic imine (C=N–C) groups is 1. The van der Waals surface area contributed by atoms with Crippen LogP contribution in [0, 0.1) is 0 Å². The van der Waals surface area contributed by atoms with E-state index in [0.29, 0.717) is 23.8 Å². The van der Waals surface area contributed by atoms with Crippen molar-refractivity contribution >= 4 is 17.8 Å². The Hall–Kier alpha value is -4.00. The number of amides is 2. The number of pyridine rings is 1. The Morgan fingerprint density at radius 3 is 2.80 bits per heavy atom. The van der Waals surface area contributed by atoms with E-state index in [1.54, 1.807) is 31.7 Å².